The topological polar surface area (TPSA) is 85.3 Å². The molecule has 0 unspecified atom stereocenters. The van der Waals surface area contributed by atoms with Crippen LogP contribution in [0.25, 0.3) is 16.5 Å². The highest BCUT2D eigenvalue weighted by molar-refractivity contribution is 5.94. The Morgan fingerprint density at radius 3 is 2.61 bits per heavy atom. The summed E-state index contributed by atoms with van der Waals surface area (Å²) in [5.74, 6) is -3.34. The SMILES string of the molecule is C=C(CN)c1c(F)cc2c(=O)c(C(=O)O)cn(C3CC3)c2c1F. The first-order valence-electron chi connectivity index (χ1n) is 7.05. The van der Waals surface area contributed by atoms with Crippen LogP contribution in [-0.2, 0) is 0 Å². The van der Waals surface area contributed by atoms with Gasteiger partial charge in [0.25, 0.3) is 0 Å². The highest BCUT2D eigenvalue weighted by Gasteiger charge is 2.30. The maximum absolute atomic E-state index is 14.9. The van der Waals surface area contributed by atoms with Crippen LogP contribution in [0.4, 0.5) is 8.78 Å². The van der Waals surface area contributed by atoms with Crippen LogP contribution in [-0.4, -0.2) is 22.2 Å². The van der Waals surface area contributed by atoms with Gasteiger partial charge in [-0.15, -0.1) is 0 Å². The third kappa shape index (κ3) is 2.33. The Hall–Kier alpha value is -2.54. The van der Waals surface area contributed by atoms with E-state index in [2.05, 4.69) is 6.58 Å². The fraction of sp³-hybridized carbons (Fsp3) is 0.250. The first kappa shape index (κ1) is 15.4. The zero-order valence-electron chi connectivity index (χ0n) is 12.1. The van der Waals surface area contributed by atoms with Gasteiger partial charge in [0.05, 0.1) is 16.5 Å². The lowest BCUT2D eigenvalue weighted by Crippen LogP contribution is -2.20. The molecule has 1 fully saturated rings. The lowest BCUT2D eigenvalue weighted by atomic mass is 10.0. The molecular formula is C16H14F2N2O3. The van der Waals surface area contributed by atoms with Gasteiger partial charge in [-0.1, -0.05) is 6.58 Å². The summed E-state index contributed by atoms with van der Waals surface area (Å²) in [6.07, 6.45) is 2.60. The number of rotatable bonds is 4. The number of halogens is 2. The molecule has 1 saturated carbocycles. The highest BCUT2D eigenvalue weighted by Crippen LogP contribution is 2.38. The standard InChI is InChI=1S/C16H14F2N2O3/c1-7(5-19)12-11(17)4-9-14(13(12)18)20(8-2-3-8)6-10(15(9)21)16(22)23/h4,6,8H,1-3,5,19H2,(H,22,23). The molecule has 3 N–H and O–H groups in total. The number of aromatic carboxylic acids is 1. The summed E-state index contributed by atoms with van der Waals surface area (Å²) in [6.45, 7) is 3.41. The molecule has 1 aliphatic carbocycles. The van der Waals surface area contributed by atoms with Crippen LogP contribution in [0, 0.1) is 11.6 Å². The van der Waals surface area contributed by atoms with Gasteiger partial charge in [-0.05, 0) is 24.5 Å². The molecule has 0 saturated heterocycles. The first-order valence-corrected chi connectivity index (χ1v) is 7.05. The van der Waals surface area contributed by atoms with Crippen LogP contribution in [0.5, 0.6) is 0 Å². The molecule has 0 spiro atoms. The number of nitrogens with zero attached hydrogens (tertiary/aromatic N) is 1. The Morgan fingerprint density at radius 1 is 1.43 bits per heavy atom. The lowest BCUT2D eigenvalue weighted by molar-refractivity contribution is 0.0695. The molecule has 1 aliphatic rings. The van der Waals surface area contributed by atoms with Gasteiger partial charge in [0.15, 0.2) is 5.82 Å². The lowest BCUT2D eigenvalue weighted by Gasteiger charge is -2.15. The van der Waals surface area contributed by atoms with E-state index in [1.54, 1.807) is 0 Å². The normalized spacial score (nSPS) is 14.2. The summed E-state index contributed by atoms with van der Waals surface area (Å²) in [6, 6.07) is 0.762. The van der Waals surface area contributed by atoms with E-state index in [9.17, 15) is 18.4 Å². The minimum Gasteiger partial charge on any atom is -0.477 e. The van der Waals surface area contributed by atoms with Crippen LogP contribution >= 0.6 is 0 Å². The van der Waals surface area contributed by atoms with Crippen molar-refractivity contribution in [1.29, 1.82) is 0 Å². The average molecular weight is 320 g/mol. The Balaban J connectivity index is 2.48. The molecule has 3 rings (SSSR count). The number of carboxylic acids is 1. The Labute approximate surface area is 129 Å². The van der Waals surface area contributed by atoms with E-state index in [4.69, 9.17) is 10.8 Å². The first-order chi connectivity index (χ1) is 10.9. The van der Waals surface area contributed by atoms with E-state index in [1.807, 2.05) is 0 Å². The van der Waals surface area contributed by atoms with E-state index >= 15 is 0 Å². The minimum atomic E-state index is -1.43. The molecule has 0 aliphatic heterocycles. The van der Waals surface area contributed by atoms with Gasteiger partial charge >= 0.3 is 5.97 Å². The minimum absolute atomic E-state index is 0.0685. The molecule has 7 heteroatoms. The molecule has 2 aromatic rings. The van der Waals surface area contributed by atoms with E-state index in [-0.39, 0.29) is 34.6 Å². The Kier molecular flexibility index (Phi) is 3.52. The van der Waals surface area contributed by atoms with Crippen molar-refractivity contribution in [2.75, 3.05) is 6.54 Å². The summed E-state index contributed by atoms with van der Waals surface area (Å²) in [5.41, 5.74) is 3.60. The second-order valence-corrected chi connectivity index (χ2v) is 5.57. The van der Waals surface area contributed by atoms with Gasteiger partial charge in [0.1, 0.15) is 11.4 Å². The molecule has 1 aromatic carbocycles. The molecule has 0 atom stereocenters. The monoisotopic (exact) mass is 320 g/mol. The third-order valence-electron chi connectivity index (χ3n) is 3.98. The van der Waals surface area contributed by atoms with Crippen molar-refractivity contribution in [1.82, 2.24) is 4.57 Å². The van der Waals surface area contributed by atoms with Gasteiger partial charge in [-0.2, -0.15) is 0 Å². The van der Waals surface area contributed by atoms with E-state index < -0.39 is 28.6 Å². The number of carboxylic acid groups (broad SMARTS) is 1. The summed E-state index contributed by atoms with van der Waals surface area (Å²) < 4.78 is 30.5. The van der Waals surface area contributed by atoms with Crippen LogP contribution in [0.2, 0.25) is 0 Å². The second-order valence-electron chi connectivity index (χ2n) is 5.57. The Bertz CT molecular complexity index is 914. The molecule has 0 radical (unpaired) electrons. The maximum atomic E-state index is 14.9. The Morgan fingerprint density at radius 2 is 2.09 bits per heavy atom. The smallest absolute Gasteiger partial charge is 0.341 e. The van der Waals surface area contributed by atoms with Gasteiger partial charge in [-0.25, -0.2) is 13.6 Å². The molecule has 0 amide bonds. The zero-order valence-corrected chi connectivity index (χ0v) is 12.1. The van der Waals surface area contributed by atoms with Crippen molar-refractivity contribution in [3.63, 3.8) is 0 Å². The molecule has 23 heavy (non-hydrogen) atoms. The number of carbonyl (C=O) groups is 1. The van der Waals surface area contributed by atoms with Gasteiger partial charge in [-0.3, -0.25) is 4.79 Å². The summed E-state index contributed by atoms with van der Waals surface area (Å²) >= 11 is 0. The van der Waals surface area contributed by atoms with E-state index in [0.29, 0.717) is 0 Å². The molecule has 120 valence electrons. The summed E-state index contributed by atoms with van der Waals surface area (Å²) in [5, 5.41) is 8.85. The van der Waals surface area contributed by atoms with Crippen LogP contribution < -0.4 is 11.2 Å². The number of aromatic nitrogens is 1. The van der Waals surface area contributed by atoms with Crippen molar-refractivity contribution in [3.8, 4) is 0 Å². The number of nitrogens with two attached hydrogens (primary N) is 1. The van der Waals surface area contributed by atoms with Crippen molar-refractivity contribution >= 4 is 22.4 Å². The van der Waals surface area contributed by atoms with Gasteiger partial charge in [0.2, 0.25) is 5.43 Å². The molecule has 5 nitrogen and oxygen atoms in total. The fourth-order valence-electron chi connectivity index (χ4n) is 2.66. The number of benzene rings is 1. The summed E-state index contributed by atoms with van der Waals surface area (Å²) in [4.78, 5) is 23.5. The van der Waals surface area contributed by atoms with Crippen LogP contribution in [0.15, 0.2) is 23.6 Å². The van der Waals surface area contributed by atoms with E-state index in [0.717, 1.165) is 25.1 Å². The zero-order chi connectivity index (χ0) is 16.9. The van der Waals surface area contributed by atoms with Crippen LogP contribution in [0.1, 0.15) is 34.8 Å². The van der Waals surface area contributed by atoms with Crippen LogP contribution in [0.3, 0.4) is 0 Å². The maximum Gasteiger partial charge on any atom is 0.341 e. The van der Waals surface area contributed by atoms with Gasteiger partial charge < -0.3 is 15.4 Å². The fourth-order valence-corrected chi connectivity index (χ4v) is 2.66. The number of pyridine rings is 1. The number of fused-ring (bicyclic) bond motifs is 1. The second kappa shape index (κ2) is 5.27. The highest BCUT2D eigenvalue weighted by atomic mass is 19.1. The predicted octanol–water partition coefficient (Wildman–Crippen LogP) is 2.28. The molecular weight excluding hydrogens is 306 g/mol. The molecule has 1 heterocycles. The molecule has 0 bridgehead atoms. The largest absolute Gasteiger partial charge is 0.477 e. The van der Waals surface area contributed by atoms with Crippen molar-refractivity contribution in [2.24, 2.45) is 5.73 Å². The van der Waals surface area contributed by atoms with Gasteiger partial charge in [0, 0.05) is 18.8 Å². The molecule has 1 aromatic heterocycles. The predicted molar refractivity (Wildman–Crippen MR) is 81.4 cm³/mol. The summed E-state index contributed by atoms with van der Waals surface area (Å²) in [7, 11) is 0. The van der Waals surface area contributed by atoms with Crippen molar-refractivity contribution < 1.29 is 18.7 Å². The van der Waals surface area contributed by atoms with Crippen molar-refractivity contribution in [3.05, 3.63) is 51.8 Å². The average Bonchev–Trinajstić information content (AvgIpc) is 3.32. The van der Waals surface area contributed by atoms with E-state index in [1.165, 1.54) is 4.57 Å². The number of hydrogen-bond acceptors (Lipinski definition) is 3. The quantitative estimate of drug-likeness (QED) is 0.905. The third-order valence-corrected chi connectivity index (χ3v) is 3.98. The number of hydrogen-bond donors (Lipinski definition) is 2. The van der Waals surface area contributed by atoms with Crippen molar-refractivity contribution in [2.45, 2.75) is 18.9 Å².